The van der Waals surface area contributed by atoms with Gasteiger partial charge in [-0.2, -0.15) is 0 Å². The number of hydrogen-bond donors (Lipinski definition) is 1. The Kier molecular flexibility index (Phi) is 6.47. The van der Waals surface area contributed by atoms with Crippen LogP contribution in [0.1, 0.15) is 10.5 Å². The first-order valence-electron chi connectivity index (χ1n) is 9.03. The molecule has 0 bridgehead atoms. The Morgan fingerprint density at radius 1 is 1.15 bits per heavy atom. The lowest BCUT2D eigenvalue weighted by Gasteiger charge is -2.36. The van der Waals surface area contributed by atoms with Crippen molar-refractivity contribution >= 4 is 29.0 Å². The number of nitrogens with zero attached hydrogens (tertiary/aromatic N) is 5. The van der Waals surface area contributed by atoms with Crippen LogP contribution in [0.5, 0.6) is 0 Å². The van der Waals surface area contributed by atoms with E-state index in [1.54, 1.807) is 12.4 Å². The van der Waals surface area contributed by atoms with Gasteiger partial charge in [0.1, 0.15) is 11.5 Å². The number of anilines is 2. The number of aromatic nitrogens is 2. The summed E-state index contributed by atoms with van der Waals surface area (Å²) in [6.45, 7) is 4.82. The Morgan fingerprint density at radius 2 is 1.89 bits per heavy atom. The van der Waals surface area contributed by atoms with Gasteiger partial charge >= 0.3 is 0 Å². The molecule has 1 saturated heterocycles. The summed E-state index contributed by atoms with van der Waals surface area (Å²) in [6, 6.07) is 7.92. The third kappa shape index (κ3) is 5.30. The molecule has 7 nitrogen and oxygen atoms in total. The molecule has 0 radical (unpaired) electrons. The second-order valence-electron chi connectivity index (χ2n) is 6.77. The molecule has 1 aromatic carbocycles. The van der Waals surface area contributed by atoms with Gasteiger partial charge in [-0.3, -0.25) is 4.79 Å². The number of carbonyl (C=O) groups is 1. The zero-order chi connectivity index (χ0) is 19.2. The summed E-state index contributed by atoms with van der Waals surface area (Å²) in [5.41, 5.74) is 1.48. The summed E-state index contributed by atoms with van der Waals surface area (Å²) >= 11 is 6.09. The topological polar surface area (TPSA) is 64.6 Å². The maximum absolute atomic E-state index is 12.1. The molecule has 0 spiro atoms. The Balaban J connectivity index is 1.53. The molecule has 0 saturated carbocycles. The summed E-state index contributed by atoms with van der Waals surface area (Å²) in [5, 5.41) is 3.59. The fraction of sp³-hybridized carbons (Fsp3) is 0.421. The highest BCUT2D eigenvalue weighted by Gasteiger charge is 2.19. The number of rotatable bonds is 6. The first kappa shape index (κ1) is 19.4. The number of benzene rings is 1. The van der Waals surface area contributed by atoms with E-state index in [4.69, 9.17) is 11.6 Å². The molecule has 144 valence electrons. The smallest absolute Gasteiger partial charge is 0.271 e. The van der Waals surface area contributed by atoms with Crippen LogP contribution in [0.15, 0.2) is 36.7 Å². The average Bonchev–Trinajstić information content (AvgIpc) is 2.68. The SMILES string of the molecule is CN(C)CCNC(=O)c1cnc(N2CCN(c3cccc(Cl)c3)CC2)cn1. The highest BCUT2D eigenvalue weighted by molar-refractivity contribution is 6.30. The summed E-state index contributed by atoms with van der Waals surface area (Å²) in [6.07, 6.45) is 3.22. The summed E-state index contributed by atoms with van der Waals surface area (Å²) in [4.78, 5) is 27.3. The van der Waals surface area contributed by atoms with Gasteiger partial charge in [0.25, 0.3) is 5.91 Å². The summed E-state index contributed by atoms with van der Waals surface area (Å²) in [7, 11) is 3.93. The Morgan fingerprint density at radius 3 is 2.52 bits per heavy atom. The molecule has 1 aromatic heterocycles. The van der Waals surface area contributed by atoms with Gasteiger partial charge in [-0.25, -0.2) is 9.97 Å². The molecule has 0 aliphatic carbocycles. The van der Waals surface area contributed by atoms with Crippen molar-refractivity contribution in [2.75, 3.05) is 63.2 Å². The van der Waals surface area contributed by atoms with Gasteiger partial charge < -0.3 is 20.0 Å². The fourth-order valence-electron chi connectivity index (χ4n) is 2.95. The lowest BCUT2D eigenvalue weighted by atomic mass is 10.2. The van der Waals surface area contributed by atoms with Crippen LogP contribution >= 0.6 is 11.6 Å². The fourth-order valence-corrected chi connectivity index (χ4v) is 3.14. The first-order valence-corrected chi connectivity index (χ1v) is 9.41. The first-order chi connectivity index (χ1) is 13.0. The van der Waals surface area contributed by atoms with Gasteiger partial charge in [0.2, 0.25) is 0 Å². The van der Waals surface area contributed by atoms with Crippen molar-refractivity contribution in [3.63, 3.8) is 0 Å². The third-order valence-corrected chi connectivity index (χ3v) is 4.73. The highest BCUT2D eigenvalue weighted by Crippen LogP contribution is 2.22. The average molecular weight is 389 g/mol. The Labute approximate surface area is 165 Å². The molecular formula is C19H25ClN6O. The summed E-state index contributed by atoms with van der Waals surface area (Å²) < 4.78 is 0. The minimum absolute atomic E-state index is 0.193. The van der Waals surface area contributed by atoms with Crippen molar-refractivity contribution in [3.05, 3.63) is 47.4 Å². The number of hydrogen-bond acceptors (Lipinski definition) is 6. The standard InChI is InChI=1S/C19H25ClN6O/c1-24(2)7-6-21-19(27)17-13-23-18(14-22-17)26-10-8-25(9-11-26)16-5-3-4-15(20)12-16/h3-5,12-14H,6-11H2,1-2H3,(H,21,27). The van der Waals surface area contributed by atoms with E-state index in [9.17, 15) is 4.79 Å². The van der Waals surface area contributed by atoms with Gasteiger partial charge in [0, 0.05) is 50.0 Å². The van der Waals surface area contributed by atoms with Crippen LogP contribution in [-0.4, -0.2) is 74.1 Å². The molecular weight excluding hydrogens is 364 g/mol. The maximum Gasteiger partial charge on any atom is 0.271 e. The van der Waals surface area contributed by atoms with E-state index >= 15 is 0 Å². The number of nitrogens with one attached hydrogen (secondary N) is 1. The van der Waals surface area contributed by atoms with Crippen molar-refractivity contribution in [1.82, 2.24) is 20.2 Å². The molecule has 2 heterocycles. The predicted octanol–water partition coefficient (Wildman–Crippen LogP) is 1.75. The van der Waals surface area contributed by atoms with Crippen molar-refractivity contribution in [2.24, 2.45) is 0 Å². The molecule has 2 aromatic rings. The van der Waals surface area contributed by atoms with Crippen LogP contribution < -0.4 is 15.1 Å². The molecule has 1 aliphatic rings. The van der Waals surface area contributed by atoms with Crippen molar-refractivity contribution in [3.8, 4) is 0 Å². The van der Waals surface area contributed by atoms with Gasteiger partial charge in [0.15, 0.2) is 0 Å². The molecule has 0 atom stereocenters. The second-order valence-corrected chi connectivity index (χ2v) is 7.21. The number of amides is 1. The predicted molar refractivity (Wildman–Crippen MR) is 109 cm³/mol. The second kappa shape index (κ2) is 9.01. The van der Waals surface area contributed by atoms with Crippen molar-refractivity contribution in [2.45, 2.75) is 0 Å². The molecule has 1 fully saturated rings. The minimum Gasteiger partial charge on any atom is -0.368 e. The van der Waals surface area contributed by atoms with E-state index in [1.165, 1.54) is 0 Å². The Bertz CT molecular complexity index is 759. The molecule has 0 unspecified atom stereocenters. The van der Waals surface area contributed by atoms with E-state index in [0.717, 1.165) is 49.3 Å². The van der Waals surface area contributed by atoms with Crippen LogP contribution in [0.25, 0.3) is 0 Å². The molecule has 8 heteroatoms. The maximum atomic E-state index is 12.1. The van der Waals surface area contributed by atoms with Gasteiger partial charge in [-0.1, -0.05) is 17.7 Å². The van der Waals surface area contributed by atoms with Crippen LogP contribution in [-0.2, 0) is 0 Å². The molecule has 1 amide bonds. The molecule has 1 N–H and O–H groups in total. The highest BCUT2D eigenvalue weighted by atomic mass is 35.5. The van der Waals surface area contributed by atoms with E-state index in [-0.39, 0.29) is 5.91 Å². The van der Waals surface area contributed by atoms with Gasteiger partial charge in [-0.15, -0.1) is 0 Å². The van der Waals surface area contributed by atoms with Gasteiger partial charge in [0.05, 0.1) is 12.4 Å². The molecule has 27 heavy (non-hydrogen) atoms. The van der Waals surface area contributed by atoms with Gasteiger partial charge in [-0.05, 0) is 32.3 Å². The normalized spacial score (nSPS) is 14.5. The van der Waals surface area contributed by atoms with Crippen LogP contribution in [0, 0.1) is 0 Å². The lowest BCUT2D eigenvalue weighted by Crippen LogP contribution is -2.46. The number of piperazine rings is 1. The zero-order valence-electron chi connectivity index (χ0n) is 15.7. The molecule has 3 rings (SSSR count). The third-order valence-electron chi connectivity index (χ3n) is 4.49. The summed E-state index contributed by atoms with van der Waals surface area (Å²) in [5.74, 6) is 0.604. The van der Waals surface area contributed by atoms with Crippen molar-refractivity contribution < 1.29 is 4.79 Å². The van der Waals surface area contributed by atoms with Crippen LogP contribution in [0.3, 0.4) is 0 Å². The van der Waals surface area contributed by atoms with E-state index in [2.05, 4.69) is 31.2 Å². The molecule has 1 aliphatic heterocycles. The monoisotopic (exact) mass is 388 g/mol. The number of likely N-dealkylation sites (N-methyl/N-ethyl adjacent to an activating group) is 1. The number of carbonyl (C=O) groups excluding carboxylic acids is 1. The van der Waals surface area contributed by atoms with E-state index in [0.29, 0.717) is 12.2 Å². The largest absolute Gasteiger partial charge is 0.368 e. The van der Waals surface area contributed by atoms with Crippen LogP contribution in [0.2, 0.25) is 5.02 Å². The van der Waals surface area contributed by atoms with Crippen LogP contribution in [0.4, 0.5) is 11.5 Å². The minimum atomic E-state index is -0.193. The number of halogens is 1. The Hall–Kier alpha value is -2.38. The quantitative estimate of drug-likeness (QED) is 0.813. The van der Waals surface area contributed by atoms with E-state index < -0.39 is 0 Å². The lowest BCUT2D eigenvalue weighted by molar-refractivity contribution is 0.0945. The van der Waals surface area contributed by atoms with E-state index in [1.807, 2.05) is 37.2 Å². The zero-order valence-corrected chi connectivity index (χ0v) is 16.5. The van der Waals surface area contributed by atoms with Crippen molar-refractivity contribution in [1.29, 1.82) is 0 Å².